The summed E-state index contributed by atoms with van der Waals surface area (Å²) in [5.74, 6) is -116. The van der Waals surface area contributed by atoms with Crippen LogP contribution >= 0.6 is 0 Å². The van der Waals surface area contributed by atoms with Gasteiger partial charge >= 0.3 is 95.4 Å². The minimum Gasteiger partial charge on any atom is -0.427 e. The SMILES string of the molecule is Nc1ccc(Cc2ccc(N)c(OC(F)=C(F)C(F)(F)C(F)(F)C(F)(F)C(F)(F)C(F)(F)C(F)(F)C(F)(F)F)c2)cc1OC(F)=C(F)C(F)(F)C(F)(F)C(F)(F)C(F)(F)C(F)(F)C(F)(F)C(F)(F)F. The minimum atomic E-state index is -8.93. The maximum absolute atomic E-state index is 14.4. The van der Waals surface area contributed by atoms with Crippen molar-refractivity contribution in [2.75, 3.05) is 11.5 Å². The summed E-state index contributed by atoms with van der Waals surface area (Å²) in [6.45, 7) is 0. The first kappa shape index (κ1) is 59.9. The van der Waals surface area contributed by atoms with Crippen LogP contribution < -0.4 is 20.9 Å². The van der Waals surface area contributed by atoms with Crippen molar-refractivity contribution in [2.45, 2.75) is 89.8 Å². The molecule has 0 fully saturated rings. The molecule has 0 saturated carbocycles. The highest BCUT2D eigenvalue weighted by molar-refractivity contribution is 5.57. The van der Waals surface area contributed by atoms with Gasteiger partial charge in [-0.2, -0.15) is 149 Å². The lowest BCUT2D eigenvalue weighted by atomic mass is 9.91. The molecule has 0 aliphatic rings. The van der Waals surface area contributed by atoms with Crippen molar-refractivity contribution in [3.8, 4) is 11.5 Å². The Morgan fingerprint density at radius 2 is 0.551 bits per heavy atom. The molecule has 0 atom stereocenters. The fourth-order valence-electron chi connectivity index (χ4n) is 4.53. The van der Waals surface area contributed by atoms with Crippen LogP contribution in [0.1, 0.15) is 11.1 Å². The summed E-state index contributed by atoms with van der Waals surface area (Å²) in [4.78, 5) is 0. The Kier molecular flexibility index (Phi) is 15.0. The number of hydrogen-bond acceptors (Lipinski definition) is 4. The van der Waals surface area contributed by atoms with Gasteiger partial charge in [-0.25, -0.2) is 0 Å². The van der Waals surface area contributed by atoms with Crippen LogP contribution in [0, 0.1) is 0 Å². The third-order valence-electron chi connectivity index (χ3n) is 8.52. The Hall–Kier alpha value is -5.26. The second kappa shape index (κ2) is 17.3. The summed E-state index contributed by atoms with van der Waals surface area (Å²) >= 11 is 0. The van der Waals surface area contributed by atoms with Gasteiger partial charge in [-0.05, 0) is 41.8 Å². The highest BCUT2D eigenvalue weighted by Gasteiger charge is 2.95. The first-order valence-electron chi connectivity index (χ1n) is 16.0. The molecule has 0 aliphatic heterocycles. The number of benzene rings is 2. The average Bonchev–Trinajstić information content (AvgIpc) is 3.17. The molecule has 0 amide bonds. The number of nitrogens with two attached hydrogens (primary N) is 2. The van der Waals surface area contributed by atoms with E-state index in [4.69, 9.17) is 11.5 Å². The standard InChI is InChI=1S/C31H12F34N2O2/c32-14(18(36,37)20(40,41)22(44,45)24(48,49)26(52,53)28(56,57)30(60,61)62)16(34)68-12-6-8(1-3-10(12)66)5-9-2-4-11(67)13(7-9)69-17(35)15(33)19(38,39)21(42,43)23(46,47)25(50,51)27(54,55)29(58,59)31(63,64)65/h1-4,6-7H,5,66-67H2. The normalized spacial score (nSPS) is 16.0. The van der Waals surface area contributed by atoms with Crippen LogP contribution in [0.3, 0.4) is 0 Å². The number of allylic oxidation sites excluding steroid dienone is 2. The van der Waals surface area contributed by atoms with E-state index in [1.165, 1.54) is 0 Å². The fraction of sp³-hybridized carbons (Fsp3) is 0.484. The Labute approximate surface area is 355 Å². The molecule has 0 saturated heterocycles. The molecule has 2 rings (SSSR count). The Morgan fingerprint density at radius 3 is 0.783 bits per heavy atom. The second-order valence-corrected chi connectivity index (χ2v) is 13.2. The molecule has 0 spiro atoms. The largest absolute Gasteiger partial charge is 0.460 e. The van der Waals surface area contributed by atoms with Gasteiger partial charge in [0, 0.05) is 0 Å². The summed E-state index contributed by atoms with van der Waals surface area (Å²) in [6.07, 6.45) is -17.1. The van der Waals surface area contributed by atoms with E-state index in [9.17, 15) is 149 Å². The van der Waals surface area contributed by atoms with Gasteiger partial charge in [0.05, 0.1) is 11.4 Å². The molecule has 0 radical (unpaired) electrons. The van der Waals surface area contributed by atoms with Crippen LogP contribution in [0.2, 0.25) is 0 Å². The number of ether oxygens (including phenoxy) is 2. The predicted molar refractivity (Wildman–Crippen MR) is 156 cm³/mol. The number of rotatable bonds is 18. The van der Waals surface area contributed by atoms with Crippen molar-refractivity contribution in [1.82, 2.24) is 0 Å². The smallest absolute Gasteiger partial charge is 0.427 e. The molecule has 0 bridgehead atoms. The quantitative estimate of drug-likeness (QED) is 0.0887. The fourth-order valence-corrected chi connectivity index (χ4v) is 4.53. The summed E-state index contributed by atoms with van der Waals surface area (Å²) in [6, 6.07) is -5.91. The van der Waals surface area contributed by atoms with Crippen LogP contribution in [0.25, 0.3) is 0 Å². The van der Waals surface area contributed by atoms with Gasteiger partial charge in [0.25, 0.3) is 0 Å². The lowest BCUT2D eigenvalue weighted by Crippen LogP contribution is -2.72. The third kappa shape index (κ3) is 8.96. The number of alkyl halides is 30. The van der Waals surface area contributed by atoms with Crippen molar-refractivity contribution in [1.29, 1.82) is 0 Å². The van der Waals surface area contributed by atoms with E-state index in [0.29, 0.717) is 24.3 Å². The average molecular weight is 1090 g/mol. The number of halogens is 34. The zero-order valence-electron chi connectivity index (χ0n) is 31.0. The van der Waals surface area contributed by atoms with E-state index >= 15 is 0 Å². The summed E-state index contributed by atoms with van der Waals surface area (Å²) in [5, 5.41) is 0. The van der Waals surface area contributed by atoms with Crippen molar-refractivity contribution in [3.63, 3.8) is 0 Å². The monoisotopic (exact) mass is 1090 g/mol. The second-order valence-electron chi connectivity index (χ2n) is 13.2. The Bertz CT molecular complexity index is 2130. The van der Waals surface area contributed by atoms with Gasteiger partial charge in [0.15, 0.2) is 11.5 Å². The molecule has 396 valence electrons. The zero-order chi connectivity index (χ0) is 55.1. The molecular formula is C31H12F34N2O2. The van der Waals surface area contributed by atoms with E-state index in [1.54, 1.807) is 0 Å². The number of nitrogen functional groups attached to an aromatic ring is 2. The highest BCUT2D eigenvalue weighted by atomic mass is 19.4. The molecule has 0 aliphatic carbocycles. The van der Waals surface area contributed by atoms with Gasteiger partial charge in [0.1, 0.15) is 0 Å². The number of anilines is 2. The molecule has 38 heteroatoms. The van der Waals surface area contributed by atoms with E-state index in [-0.39, 0.29) is 12.1 Å². The lowest BCUT2D eigenvalue weighted by Gasteiger charge is -2.41. The molecule has 4 N–H and O–H groups in total. The minimum absolute atomic E-state index is 0.0880. The van der Waals surface area contributed by atoms with Crippen molar-refractivity contribution < 1.29 is 159 Å². The van der Waals surface area contributed by atoms with Crippen molar-refractivity contribution in [3.05, 3.63) is 71.2 Å². The van der Waals surface area contributed by atoms with Crippen LogP contribution in [-0.2, 0) is 6.42 Å². The van der Waals surface area contributed by atoms with Gasteiger partial charge in [-0.3, -0.25) is 0 Å². The van der Waals surface area contributed by atoms with Crippen molar-refractivity contribution in [2.24, 2.45) is 0 Å². The first-order valence-corrected chi connectivity index (χ1v) is 16.0. The summed E-state index contributed by atoms with van der Waals surface area (Å²) < 4.78 is 468. The molecule has 2 aromatic rings. The molecule has 0 aromatic heterocycles. The Balaban J connectivity index is 2.56. The van der Waals surface area contributed by atoms with Crippen LogP contribution in [0.15, 0.2) is 60.1 Å². The van der Waals surface area contributed by atoms with Crippen LogP contribution in [0.5, 0.6) is 11.5 Å². The molecule has 0 unspecified atom stereocenters. The highest BCUT2D eigenvalue weighted by Crippen LogP contribution is 2.65. The summed E-state index contributed by atoms with van der Waals surface area (Å²) in [5.41, 5.74) is 6.50. The Morgan fingerprint density at radius 1 is 0.333 bits per heavy atom. The molecule has 0 heterocycles. The molecule has 2 aromatic carbocycles. The van der Waals surface area contributed by atoms with E-state index in [0.717, 1.165) is 0 Å². The van der Waals surface area contributed by atoms with Gasteiger partial charge in [-0.15, -0.1) is 0 Å². The van der Waals surface area contributed by atoms with E-state index < -0.39 is 148 Å². The van der Waals surface area contributed by atoms with Crippen molar-refractivity contribution >= 4 is 11.4 Å². The molecule has 4 nitrogen and oxygen atoms in total. The lowest BCUT2D eigenvalue weighted by molar-refractivity contribution is -0.451. The maximum atomic E-state index is 14.4. The number of hydrogen-bond donors (Lipinski definition) is 2. The predicted octanol–water partition coefficient (Wildman–Crippen LogP) is 14.2. The van der Waals surface area contributed by atoms with Gasteiger partial charge in [0.2, 0.25) is 11.7 Å². The summed E-state index contributed by atoms with van der Waals surface area (Å²) in [7, 11) is 0. The maximum Gasteiger partial charge on any atom is 0.460 e. The van der Waals surface area contributed by atoms with Crippen LogP contribution in [0.4, 0.5) is 161 Å². The zero-order valence-corrected chi connectivity index (χ0v) is 31.0. The van der Waals surface area contributed by atoms with Gasteiger partial charge in [-0.1, -0.05) is 12.1 Å². The third-order valence-corrected chi connectivity index (χ3v) is 8.52. The molecular weight excluding hydrogens is 1080 g/mol. The first-order chi connectivity index (χ1) is 30.1. The van der Waals surface area contributed by atoms with E-state index in [1.807, 2.05) is 0 Å². The van der Waals surface area contributed by atoms with Crippen LogP contribution in [-0.4, -0.2) is 83.4 Å². The molecule has 69 heavy (non-hydrogen) atoms. The topological polar surface area (TPSA) is 70.5 Å². The van der Waals surface area contributed by atoms with E-state index in [2.05, 4.69) is 9.47 Å². The van der Waals surface area contributed by atoms with Gasteiger partial charge < -0.3 is 20.9 Å².